The third kappa shape index (κ3) is 4.33. The number of para-hydroxylation sites is 2. The molecule has 0 amide bonds. The Bertz CT molecular complexity index is 2950. The number of nitrogens with zero attached hydrogens (tertiary/aromatic N) is 2. The van der Waals surface area contributed by atoms with E-state index in [2.05, 4.69) is 216 Å². The van der Waals surface area contributed by atoms with E-state index in [1.165, 1.54) is 77.2 Å². The van der Waals surface area contributed by atoms with Gasteiger partial charge in [0.15, 0.2) is 0 Å². The summed E-state index contributed by atoms with van der Waals surface area (Å²) >= 11 is 0. The lowest BCUT2D eigenvalue weighted by molar-refractivity contribution is 0.769. The first-order valence-electron chi connectivity index (χ1n) is 18.3. The number of aromatic nitrogens is 2. The van der Waals surface area contributed by atoms with Crippen molar-refractivity contribution in [3.63, 3.8) is 0 Å². The fourth-order valence-electron chi connectivity index (χ4n) is 9.14. The first-order chi connectivity index (χ1) is 26.3. The standard InChI is InChI=1S/C51H34N2/c1-4-16-38(17-5-1)51(39-18-6-2-7-19-39)46-25-12-10-23-42(46)43-28-27-36(33-47(43)51)35-15-14-22-41(31-35)53-48-26-13-11-24-44(48)45-32-37-29-30-52(49(37)34-50(45)53)40-20-8-3-9-21-40/h1-34H. The van der Waals surface area contributed by atoms with Crippen LogP contribution in [-0.2, 0) is 5.41 Å². The van der Waals surface area contributed by atoms with Crippen LogP contribution in [0.1, 0.15) is 22.3 Å². The van der Waals surface area contributed by atoms with Crippen molar-refractivity contribution in [3.05, 3.63) is 229 Å². The van der Waals surface area contributed by atoms with Crippen molar-refractivity contribution in [2.24, 2.45) is 0 Å². The molecule has 0 bridgehead atoms. The van der Waals surface area contributed by atoms with Gasteiger partial charge < -0.3 is 9.13 Å². The largest absolute Gasteiger partial charge is 0.316 e. The quantitative estimate of drug-likeness (QED) is 0.172. The van der Waals surface area contributed by atoms with Crippen molar-refractivity contribution in [1.82, 2.24) is 9.13 Å². The molecule has 2 heteroatoms. The van der Waals surface area contributed by atoms with Gasteiger partial charge in [-0.15, -0.1) is 0 Å². The average molecular weight is 675 g/mol. The number of hydrogen-bond acceptors (Lipinski definition) is 0. The molecule has 11 rings (SSSR count). The van der Waals surface area contributed by atoms with Crippen LogP contribution in [0.25, 0.3) is 66.3 Å². The zero-order valence-electron chi connectivity index (χ0n) is 29.0. The van der Waals surface area contributed by atoms with Gasteiger partial charge in [0.05, 0.1) is 22.0 Å². The fourth-order valence-corrected chi connectivity index (χ4v) is 9.14. The van der Waals surface area contributed by atoms with Gasteiger partial charge >= 0.3 is 0 Å². The van der Waals surface area contributed by atoms with Crippen LogP contribution in [0, 0.1) is 0 Å². The maximum absolute atomic E-state index is 2.45. The molecule has 1 aliphatic rings. The van der Waals surface area contributed by atoms with E-state index in [-0.39, 0.29) is 0 Å². The molecule has 0 aliphatic heterocycles. The molecule has 0 spiro atoms. The molecule has 0 atom stereocenters. The summed E-state index contributed by atoms with van der Waals surface area (Å²) in [6.45, 7) is 0. The molecule has 0 unspecified atom stereocenters. The summed E-state index contributed by atoms with van der Waals surface area (Å²) in [6.07, 6.45) is 2.18. The monoisotopic (exact) mass is 674 g/mol. The third-order valence-corrected chi connectivity index (χ3v) is 11.4. The van der Waals surface area contributed by atoms with Crippen LogP contribution >= 0.6 is 0 Å². The molecular formula is C51H34N2. The van der Waals surface area contributed by atoms with Gasteiger partial charge in [-0.05, 0) is 99.1 Å². The lowest BCUT2D eigenvalue weighted by Gasteiger charge is -2.34. The van der Waals surface area contributed by atoms with E-state index in [4.69, 9.17) is 0 Å². The van der Waals surface area contributed by atoms with Crippen LogP contribution in [0.3, 0.4) is 0 Å². The fraction of sp³-hybridized carbons (Fsp3) is 0.0196. The second-order valence-corrected chi connectivity index (χ2v) is 14.1. The summed E-state index contributed by atoms with van der Waals surface area (Å²) in [5.41, 5.74) is 15.7. The number of hydrogen-bond donors (Lipinski definition) is 0. The highest BCUT2D eigenvalue weighted by Crippen LogP contribution is 2.56. The van der Waals surface area contributed by atoms with Gasteiger partial charge in [-0.25, -0.2) is 0 Å². The predicted octanol–water partition coefficient (Wildman–Crippen LogP) is 12.8. The van der Waals surface area contributed by atoms with E-state index in [0.29, 0.717) is 0 Å². The van der Waals surface area contributed by atoms with Crippen LogP contribution in [0.15, 0.2) is 206 Å². The Kier molecular flexibility index (Phi) is 6.50. The highest BCUT2D eigenvalue weighted by Gasteiger charge is 2.46. The van der Waals surface area contributed by atoms with E-state index < -0.39 is 5.41 Å². The maximum Gasteiger partial charge on any atom is 0.0713 e. The number of benzene rings is 8. The Morgan fingerprint density at radius 3 is 1.79 bits per heavy atom. The molecule has 2 heterocycles. The van der Waals surface area contributed by atoms with Crippen molar-refractivity contribution in [2.75, 3.05) is 0 Å². The van der Waals surface area contributed by atoms with Gasteiger partial charge in [0.25, 0.3) is 0 Å². The Morgan fingerprint density at radius 1 is 0.358 bits per heavy atom. The Labute approximate surface area is 308 Å². The Hall–Kier alpha value is -6.90. The second-order valence-electron chi connectivity index (χ2n) is 14.1. The number of rotatable bonds is 5. The minimum atomic E-state index is -0.437. The molecule has 0 radical (unpaired) electrons. The summed E-state index contributed by atoms with van der Waals surface area (Å²) in [6, 6.07) is 73.6. The van der Waals surface area contributed by atoms with Gasteiger partial charge in [0, 0.05) is 33.7 Å². The smallest absolute Gasteiger partial charge is 0.0713 e. The van der Waals surface area contributed by atoms with E-state index in [0.717, 1.165) is 11.4 Å². The second kappa shape index (κ2) is 11.6. The molecule has 1 aliphatic carbocycles. The van der Waals surface area contributed by atoms with Gasteiger partial charge in [-0.3, -0.25) is 0 Å². The molecular weight excluding hydrogens is 641 g/mol. The van der Waals surface area contributed by atoms with Crippen LogP contribution in [0.5, 0.6) is 0 Å². The van der Waals surface area contributed by atoms with E-state index >= 15 is 0 Å². The predicted molar refractivity (Wildman–Crippen MR) is 220 cm³/mol. The first kappa shape index (κ1) is 29.8. The molecule has 248 valence electrons. The topological polar surface area (TPSA) is 9.86 Å². The molecule has 0 saturated heterocycles. The van der Waals surface area contributed by atoms with Gasteiger partial charge in [0.2, 0.25) is 0 Å². The summed E-state index contributed by atoms with van der Waals surface area (Å²) in [4.78, 5) is 0. The van der Waals surface area contributed by atoms with E-state index in [9.17, 15) is 0 Å². The molecule has 53 heavy (non-hydrogen) atoms. The zero-order valence-corrected chi connectivity index (χ0v) is 29.0. The van der Waals surface area contributed by atoms with Gasteiger partial charge in [0.1, 0.15) is 0 Å². The maximum atomic E-state index is 2.45. The minimum absolute atomic E-state index is 0.437. The summed E-state index contributed by atoms with van der Waals surface area (Å²) in [5, 5.41) is 3.75. The van der Waals surface area contributed by atoms with Crippen LogP contribution in [-0.4, -0.2) is 9.13 Å². The normalized spacial score (nSPS) is 13.1. The molecule has 2 nitrogen and oxygen atoms in total. The zero-order chi connectivity index (χ0) is 34.9. The lowest BCUT2D eigenvalue weighted by atomic mass is 9.67. The van der Waals surface area contributed by atoms with Crippen molar-refractivity contribution >= 4 is 32.7 Å². The SMILES string of the molecule is c1ccc(-n2ccc3cc4c5ccccc5n(-c5cccc(-c6ccc7c(c6)C(c6ccccc6)(c6ccccc6)c6ccccc6-7)c5)c4cc32)cc1. The summed E-state index contributed by atoms with van der Waals surface area (Å²) < 4.78 is 4.73. The van der Waals surface area contributed by atoms with Crippen molar-refractivity contribution < 1.29 is 0 Å². The Balaban J connectivity index is 1.13. The molecule has 0 fully saturated rings. The van der Waals surface area contributed by atoms with Crippen LogP contribution in [0.2, 0.25) is 0 Å². The first-order valence-corrected chi connectivity index (χ1v) is 18.3. The van der Waals surface area contributed by atoms with E-state index in [1.54, 1.807) is 0 Å². The highest BCUT2D eigenvalue weighted by atomic mass is 15.0. The van der Waals surface area contributed by atoms with E-state index in [1.807, 2.05) is 0 Å². The minimum Gasteiger partial charge on any atom is -0.316 e. The average Bonchev–Trinajstić information content (AvgIpc) is 3.89. The van der Waals surface area contributed by atoms with Crippen molar-refractivity contribution in [1.29, 1.82) is 0 Å². The molecule has 10 aromatic rings. The number of fused-ring (bicyclic) bond motifs is 7. The summed E-state index contributed by atoms with van der Waals surface area (Å²) in [7, 11) is 0. The summed E-state index contributed by atoms with van der Waals surface area (Å²) in [5.74, 6) is 0. The molecule has 0 saturated carbocycles. The molecule has 0 N–H and O–H groups in total. The van der Waals surface area contributed by atoms with Gasteiger partial charge in [-0.1, -0.05) is 146 Å². The van der Waals surface area contributed by atoms with Crippen molar-refractivity contribution in [2.45, 2.75) is 5.41 Å². The highest BCUT2D eigenvalue weighted by molar-refractivity contribution is 6.13. The van der Waals surface area contributed by atoms with Gasteiger partial charge in [-0.2, -0.15) is 0 Å². The molecule has 2 aromatic heterocycles. The molecule has 8 aromatic carbocycles. The lowest BCUT2D eigenvalue weighted by Crippen LogP contribution is -2.28. The van der Waals surface area contributed by atoms with Crippen molar-refractivity contribution in [3.8, 4) is 33.6 Å². The Morgan fingerprint density at radius 2 is 1.00 bits per heavy atom. The van der Waals surface area contributed by atoms with Crippen LogP contribution in [0.4, 0.5) is 0 Å². The third-order valence-electron chi connectivity index (χ3n) is 11.4. The van der Waals surface area contributed by atoms with Crippen LogP contribution < -0.4 is 0 Å².